The van der Waals surface area contributed by atoms with Gasteiger partial charge in [-0.25, -0.2) is 9.66 Å². The van der Waals surface area contributed by atoms with Crippen LogP contribution in [0.2, 0.25) is 10.0 Å². The Morgan fingerprint density at radius 1 is 0.927 bits per heavy atom. The van der Waals surface area contributed by atoms with Crippen molar-refractivity contribution in [2.24, 2.45) is 0 Å². The van der Waals surface area contributed by atoms with Crippen LogP contribution in [0.4, 0.5) is 22.7 Å². The summed E-state index contributed by atoms with van der Waals surface area (Å²) in [6.07, 6.45) is 0.213. The zero-order chi connectivity index (χ0) is 28.9. The summed E-state index contributed by atoms with van der Waals surface area (Å²) >= 11 is 12.7. The molecule has 0 aliphatic rings. The maximum atomic E-state index is 13.5. The second kappa shape index (κ2) is 12.1. The number of carbonyl (C=O) groups is 1. The lowest BCUT2D eigenvalue weighted by Crippen LogP contribution is -2.37. The zero-order valence-electron chi connectivity index (χ0n) is 21.3. The van der Waals surface area contributed by atoms with Crippen LogP contribution < -0.4 is 21.6 Å². The molecule has 10 nitrogen and oxygen atoms in total. The Labute approximate surface area is 243 Å². The summed E-state index contributed by atoms with van der Waals surface area (Å²) in [4.78, 5) is 41.4. The molecule has 0 radical (unpaired) electrons. The maximum Gasteiger partial charge on any atom is 0.279 e. The van der Waals surface area contributed by atoms with Crippen molar-refractivity contribution in [1.29, 1.82) is 0 Å². The topological polar surface area (TPSA) is 131 Å². The van der Waals surface area contributed by atoms with Crippen molar-refractivity contribution in [1.82, 2.24) is 9.66 Å². The first-order valence-electron chi connectivity index (χ1n) is 12.4. The fourth-order valence-electron chi connectivity index (χ4n) is 4.23. The van der Waals surface area contributed by atoms with Crippen LogP contribution >= 0.6 is 23.2 Å². The molecule has 12 heteroatoms. The van der Waals surface area contributed by atoms with E-state index in [9.17, 15) is 19.7 Å². The molecule has 4 aromatic carbocycles. The summed E-state index contributed by atoms with van der Waals surface area (Å²) < 4.78 is 1.24. The van der Waals surface area contributed by atoms with Gasteiger partial charge in [0.25, 0.3) is 11.2 Å². The first-order valence-corrected chi connectivity index (χ1v) is 13.1. The second-order valence-electron chi connectivity index (χ2n) is 8.93. The average Bonchev–Trinajstić information content (AvgIpc) is 2.96. The Hall–Kier alpha value is -4.93. The number of aromatic nitrogens is 2. The van der Waals surface area contributed by atoms with Gasteiger partial charge in [0.15, 0.2) is 0 Å². The molecule has 0 saturated carbocycles. The summed E-state index contributed by atoms with van der Waals surface area (Å²) in [6.45, 7) is -0.301. The van der Waals surface area contributed by atoms with Gasteiger partial charge in [-0.2, -0.15) is 0 Å². The van der Waals surface area contributed by atoms with E-state index in [0.29, 0.717) is 38.1 Å². The summed E-state index contributed by atoms with van der Waals surface area (Å²) in [7, 11) is 0. The molecular formula is C29H22Cl2N6O4. The summed E-state index contributed by atoms with van der Waals surface area (Å²) in [6, 6.07) is 25.2. The molecule has 1 aromatic heterocycles. The number of hydrogen-bond donors (Lipinski definition) is 3. The lowest BCUT2D eigenvalue weighted by atomic mass is 10.1. The zero-order valence-corrected chi connectivity index (χ0v) is 22.8. The van der Waals surface area contributed by atoms with Crippen LogP contribution in [0.3, 0.4) is 0 Å². The van der Waals surface area contributed by atoms with Gasteiger partial charge in [-0.3, -0.25) is 19.7 Å². The van der Waals surface area contributed by atoms with Crippen LogP contribution in [0.25, 0.3) is 10.9 Å². The van der Waals surface area contributed by atoms with E-state index in [-0.39, 0.29) is 29.9 Å². The lowest BCUT2D eigenvalue weighted by Gasteiger charge is -2.18. The minimum atomic E-state index is -0.549. The fourth-order valence-corrected chi connectivity index (χ4v) is 4.72. The van der Waals surface area contributed by atoms with Gasteiger partial charge in [0.2, 0.25) is 5.91 Å². The minimum absolute atomic E-state index is 0.154. The highest BCUT2D eigenvalue weighted by Gasteiger charge is 2.16. The smallest absolute Gasteiger partial charge is 0.279 e. The van der Waals surface area contributed by atoms with E-state index in [4.69, 9.17) is 28.2 Å². The van der Waals surface area contributed by atoms with Gasteiger partial charge < -0.3 is 16.1 Å². The van der Waals surface area contributed by atoms with Crippen molar-refractivity contribution in [2.45, 2.75) is 6.42 Å². The third kappa shape index (κ3) is 6.29. The molecule has 3 N–H and O–H groups in total. The summed E-state index contributed by atoms with van der Waals surface area (Å²) in [5.41, 5.74) is 5.15. The van der Waals surface area contributed by atoms with E-state index in [1.54, 1.807) is 42.5 Å². The highest BCUT2D eigenvalue weighted by Crippen LogP contribution is 2.34. The Balaban J connectivity index is 1.45. The van der Waals surface area contributed by atoms with E-state index >= 15 is 0 Å². The molecule has 0 atom stereocenters. The molecule has 1 amide bonds. The number of fused-ring (bicyclic) bond motifs is 1. The highest BCUT2D eigenvalue weighted by molar-refractivity contribution is 6.39. The van der Waals surface area contributed by atoms with Gasteiger partial charge in [-0.15, -0.1) is 0 Å². The van der Waals surface area contributed by atoms with Crippen molar-refractivity contribution in [3.63, 3.8) is 0 Å². The standard InChI is InChI=1S/C29H22Cl2N6O4/c30-22-11-6-12-23(31)28(22)35-24-13-3-1-7-18(24)15-26-34-25-14-4-2-10-21(25)29(39)36(26)32-17-27(38)33-19-8-5-9-20(16-19)37(40)41/h1-14,16,32,35H,15,17H2,(H,33,38). The third-order valence-corrected chi connectivity index (χ3v) is 6.80. The first-order chi connectivity index (χ1) is 19.8. The van der Waals surface area contributed by atoms with E-state index in [2.05, 4.69) is 16.1 Å². The van der Waals surface area contributed by atoms with Gasteiger partial charge in [-0.05, 0) is 42.0 Å². The van der Waals surface area contributed by atoms with E-state index in [1.165, 1.54) is 28.9 Å². The SMILES string of the molecule is O=C(CNn1c(Cc2ccccc2Nc2c(Cl)cccc2Cl)nc2ccccc2c1=O)Nc1cccc([N+](=O)[O-])c1. The molecule has 0 bridgehead atoms. The van der Waals surface area contributed by atoms with Gasteiger partial charge in [0.05, 0.1) is 31.6 Å². The first kappa shape index (κ1) is 27.6. The molecule has 206 valence electrons. The normalized spacial score (nSPS) is 10.8. The largest absolute Gasteiger partial charge is 0.353 e. The van der Waals surface area contributed by atoms with Crippen molar-refractivity contribution in [3.8, 4) is 0 Å². The average molecular weight is 589 g/mol. The molecular weight excluding hydrogens is 567 g/mol. The number of non-ortho nitro benzene ring substituents is 1. The molecule has 0 aliphatic carbocycles. The van der Waals surface area contributed by atoms with Gasteiger partial charge in [0, 0.05) is 29.9 Å². The number of nitrogens with zero attached hydrogens (tertiary/aromatic N) is 3. The van der Waals surface area contributed by atoms with Crippen molar-refractivity contribution in [2.75, 3.05) is 22.6 Å². The number of nitrogens with one attached hydrogen (secondary N) is 3. The summed E-state index contributed by atoms with van der Waals surface area (Å²) in [5, 5.41) is 18.2. The van der Waals surface area contributed by atoms with Crippen LogP contribution in [0.5, 0.6) is 0 Å². The van der Waals surface area contributed by atoms with Gasteiger partial charge in [-0.1, -0.05) is 65.7 Å². The molecule has 5 rings (SSSR count). The lowest BCUT2D eigenvalue weighted by molar-refractivity contribution is -0.384. The fraction of sp³-hybridized carbons (Fsp3) is 0.0690. The number of carbonyl (C=O) groups excluding carboxylic acids is 1. The van der Waals surface area contributed by atoms with Crippen LogP contribution in [0.15, 0.2) is 95.8 Å². The number of benzene rings is 4. The Kier molecular flexibility index (Phi) is 8.14. The number of nitro benzene ring substituents is 1. The van der Waals surface area contributed by atoms with Crippen molar-refractivity contribution >= 4 is 62.8 Å². The molecule has 0 saturated heterocycles. The van der Waals surface area contributed by atoms with Crippen molar-refractivity contribution < 1.29 is 9.72 Å². The van der Waals surface area contributed by atoms with Crippen LogP contribution in [0, 0.1) is 10.1 Å². The van der Waals surface area contributed by atoms with Crippen LogP contribution in [-0.4, -0.2) is 27.0 Å². The number of nitro groups is 1. The Bertz CT molecular complexity index is 1820. The molecule has 0 spiro atoms. The van der Waals surface area contributed by atoms with E-state index in [1.807, 2.05) is 24.3 Å². The Morgan fingerprint density at radius 2 is 1.63 bits per heavy atom. The Morgan fingerprint density at radius 3 is 2.41 bits per heavy atom. The number of halogens is 2. The number of para-hydroxylation sites is 3. The second-order valence-corrected chi connectivity index (χ2v) is 9.75. The summed E-state index contributed by atoms with van der Waals surface area (Å²) in [5.74, 6) is -0.150. The number of rotatable bonds is 9. The van der Waals surface area contributed by atoms with Gasteiger partial charge >= 0.3 is 0 Å². The molecule has 0 unspecified atom stereocenters. The van der Waals surface area contributed by atoms with E-state index in [0.717, 1.165) is 5.56 Å². The predicted octanol–water partition coefficient (Wildman–Crippen LogP) is 6.13. The molecule has 5 aromatic rings. The molecule has 1 heterocycles. The maximum absolute atomic E-state index is 13.5. The minimum Gasteiger partial charge on any atom is -0.353 e. The third-order valence-electron chi connectivity index (χ3n) is 6.17. The van der Waals surface area contributed by atoms with Gasteiger partial charge in [0.1, 0.15) is 12.4 Å². The predicted molar refractivity (Wildman–Crippen MR) is 161 cm³/mol. The van der Waals surface area contributed by atoms with Crippen molar-refractivity contribution in [3.05, 3.63) is 133 Å². The van der Waals surface area contributed by atoms with Crippen LogP contribution in [0.1, 0.15) is 11.4 Å². The highest BCUT2D eigenvalue weighted by atomic mass is 35.5. The number of anilines is 3. The van der Waals surface area contributed by atoms with Crippen LogP contribution in [-0.2, 0) is 11.2 Å². The number of hydrogen-bond acceptors (Lipinski definition) is 7. The number of amides is 1. The molecule has 0 aliphatic heterocycles. The quantitative estimate of drug-likeness (QED) is 0.139. The monoisotopic (exact) mass is 588 g/mol. The molecule has 41 heavy (non-hydrogen) atoms. The van der Waals surface area contributed by atoms with E-state index < -0.39 is 10.8 Å². The molecule has 0 fully saturated rings.